The standard InChI is InChI=1S/C24H25FN8O3/c1-2-3-12-31-21(26)20(23(35)27-24(31)36)32(14-16-8-5-4-6-9-16)19(34)15-33-29-22(28-30-33)17-10-7-11-18(25)13-17/h4-11,13H,2-3,12,14-15,26H2,1H3,(H,27,35,36). The van der Waals surface area contributed by atoms with Crippen LogP contribution in [0.2, 0.25) is 0 Å². The second-order valence-electron chi connectivity index (χ2n) is 8.12. The van der Waals surface area contributed by atoms with E-state index in [0.717, 1.165) is 16.8 Å². The topological polar surface area (TPSA) is 145 Å². The van der Waals surface area contributed by atoms with Crippen molar-refractivity contribution in [2.45, 2.75) is 39.4 Å². The molecule has 2 aromatic carbocycles. The summed E-state index contributed by atoms with van der Waals surface area (Å²) in [7, 11) is 0. The molecule has 0 atom stereocenters. The molecule has 186 valence electrons. The molecule has 0 aliphatic carbocycles. The monoisotopic (exact) mass is 492 g/mol. The van der Waals surface area contributed by atoms with Gasteiger partial charge in [0.2, 0.25) is 5.82 Å². The first-order chi connectivity index (χ1) is 17.4. The molecule has 0 spiro atoms. The van der Waals surface area contributed by atoms with Crippen molar-refractivity contribution in [3.63, 3.8) is 0 Å². The van der Waals surface area contributed by atoms with Gasteiger partial charge in [0.05, 0.1) is 6.54 Å². The van der Waals surface area contributed by atoms with Crippen LogP contribution in [0.3, 0.4) is 0 Å². The fourth-order valence-electron chi connectivity index (χ4n) is 3.69. The minimum atomic E-state index is -0.776. The molecule has 0 fully saturated rings. The fraction of sp³-hybridized carbons (Fsp3) is 0.250. The van der Waals surface area contributed by atoms with E-state index in [-0.39, 0.29) is 30.4 Å². The predicted octanol–water partition coefficient (Wildman–Crippen LogP) is 1.94. The Hall–Kier alpha value is -4.61. The van der Waals surface area contributed by atoms with E-state index < -0.39 is 23.0 Å². The Bertz CT molecular complexity index is 1480. The fourth-order valence-corrected chi connectivity index (χ4v) is 3.69. The number of carbonyl (C=O) groups excluding carboxylic acids is 1. The number of benzene rings is 2. The number of nitrogens with one attached hydrogen (secondary N) is 1. The van der Waals surface area contributed by atoms with Crippen LogP contribution in [0, 0.1) is 5.82 Å². The predicted molar refractivity (Wildman–Crippen MR) is 131 cm³/mol. The molecular weight excluding hydrogens is 467 g/mol. The lowest BCUT2D eigenvalue weighted by atomic mass is 10.2. The highest BCUT2D eigenvalue weighted by Crippen LogP contribution is 2.21. The Morgan fingerprint density at radius 3 is 2.64 bits per heavy atom. The van der Waals surface area contributed by atoms with Gasteiger partial charge in [-0.2, -0.15) is 4.80 Å². The number of anilines is 2. The van der Waals surface area contributed by atoms with Crippen LogP contribution < -0.4 is 21.9 Å². The zero-order valence-corrected chi connectivity index (χ0v) is 19.6. The van der Waals surface area contributed by atoms with Crippen LogP contribution in [0.25, 0.3) is 11.4 Å². The summed E-state index contributed by atoms with van der Waals surface area (Å²) in [5.74, 6) is -0.974. The van der Waals surface area contributed by atoms with Gasteiger partial charge in [-0.25, -0.2) is 9.18 Å². The summed E-state index contributed by atoms with van der Waals surface area (Å²) in [5, 5.41) is 12.0. The van der Waals surface area contributed by atoms with Crippen LogP contribution >= 0.6 is 0 Å². The highest BCUT2D eigenvalue weighted by atomic mass is 19.1. The van der Waals surface area contributed by atoms with Gasteiger partial charge in [0.15, 0.2) is 5.69 Å². The number of hydrogen-bond donors (Lipinski definition) is 2. The van der Waals surface area contributed by atoms with Gasteiger partial charge < -0.3 is 5.73 Å². The summed E-state index contributed by atoms with van der Waals surface area (Å²) in [5.41, 5.74) is 5.86. The molecule has 1 amide bonds. The Morgan fingerprint density at radius 2 is 1.92 bits per heavy atom. The maximum atomic E-state index is 13.6. The molecule has 0 aliphatic rings. The molecule has 11 nitrogen and oxygen atoms in total. The van der Waals surface area contributed by atoms with Crippen molar-refractivity contribution in [3.05, 3.63) is 86.8 Å². The maximum Gasteiger partial charge on any atom is 0.330 e. The van der Waals surface area contributed by atoms with E-state index in [2.05, 4.69) is 20.4 Å². The molecule has 0 unspecified atom stereocenters. The van der Waals surface area contributed by atoms with Gasteiger partial charge >= 0.3 is 5.69 Å². The Balaban J connectivity index is 1.70. The number of unbranched alkanes of at least 4 members (excludes halogenated alkanes) is 1. The lowest BCUT2D eigenvalue weighted by Crippen LogP contribution is -2.42. The van der Waals surface area contributed by atoms with Gasteiger partial charge in [-0.05, 0) is 29.3 Å². The minimum absolute atomic E-state index is 0.0182. The molecular formula is C24H25FN8O3. The van der Waals surface area contributed by atoms with E-state index in [1.165, 1.54) is 27.7 Å². The second kappa shape index (κ2) is 10.8. The number of nitrogens with zero attached hydrogens (tertiary/aromatic N) is 6. The first kappa shape index (κ1) is 24.5. The molecule has 12 heteroatoms. The number of aromatic amines is 1. The Labute approximate surface area is 205 Å². The summed E-state index contributed by atoms with van der Waals surface area (Å²) in [6, 6.07) is 14.7. The highest BCUT2D eigenvalue weighted by Gasteiger charge is 2.25. The van der Waals surface area contributed by atoms with Crippen molar-refractivity contribution in [3.8, 4) is 11.4 Å². The minimum Gasteiger partial charge on any atom is -0.383 e. The molecule has 4 rings (SSSR count). The summed E-state index contributed by atoms with van der Waals surface area (Å²) in [6.45, 7) is 1.90. The lowest BCUT2D eigenvalue weighted by molar-refractivity contribution is -0.119. The van der Waals surface area contributed by atoms with Gasteiger partial charge in [0, 0.05) is 12.1 Å². The van der Waals surface area contributed by atoms with Gasteiger partial charge in [-0.1, -0.05) is 55.8 Å². The maximum absolute atomic E-state index is 13.6. The molecule has 2 aromatic heterocycles. The molecule has 3 N–H and O–H groups in total. The average Bonchev–Trinajstić information content (AvgIpc) is 3.32. The number of carbonyl (C=O) groups is 1. The van der Waals surface area contributed by atoms with Crippen LogP contribution in [0.5, 0.6) is 0 Å². The lowest BCUT2D eigenvalue weighted by Gasteiger charge is -2.24. The third kappa shape index (κ3) is 5.37. The second-order valence-corrected chi connectivity index (χ2v) is 8.12. The van der Waals surface area contributed by atoms with Crippen molar-refractivity contribution < 1.29 is 9.18 Å². The number of nitrogen functional groups attached to an aromatic ring is 1. The van der Waals surface area contributed by atoms with Crippen LogP contribution in [0.4, 0.5) is 15.9 Å². The Kier molecular flexibility index (Phi) is 7.33. The molecule has 2 heterocycles. The van der Waals surface area contributed by atoms with Crippen molar-refractivity contribution in [1.82, 2.24) is 29.8 Å². The molecule has 0 saturated carbocycles. The zero-order valence-electron chi connectivity index (χ0n) is 19.6. The summed E-state index contributed by atoms with van der Waals surface area (Å²) in [4.78, 5) is 43.3. The van der Waals surface area contributed by atoms with Crippen molar-refractivity contribution in [2.75, 3.05) is 10.6 Å². The van der Waals surface area contributed by atoms with E-state index in [9.17, 15) is 18.8 Å². The van der Waals surface area contributed by atoms with Crippen molar-refractivity contribution >= 4 is 17.4 Å². The normalized spacial score (nSPS) is 10.9. The molecule has 0 aliphatic heterocycles. The number of hydrogen-bond acceptors (Lipinski definition) is 7. The number of halogens is 1. The molecule has 0 radical (unpaired) electrons. The van der Waals surface area contributed by atoms with E-state index in [4.69, 9.17) is 5.73 Å². The number of nitrogens with two attached hydrogens (primary N) is 1. The van der Waals surface area contributed by atoms with E-state index in [0.29, 0.717) is 18.5 Å². The van der Waals surface area contributed by atoms with Gasteiger partial charge in [-0.15, -0.1) is 10.2 Å². The Morgan fingerprint density at radius 1 is 1.14 bits per heavy atom. The van der Waals surface area contributed by atoms with Crippen LogP contribution in [0.15, 0.2) is 64.2 Å². The SMILES string of the molecule is CCCCn1c(N)c(N(Cc2ccccc2)C(=O)Cn2nnc(-c3cccc(F)c3)n2)c(=O)[nH]c1=O. The van der Waals surface area contributed by atoms with Crippen LogP contribution in [-0.2, 0) is 24.4 Å². The van der Waals surface area contributed by atoms with Gasteiger partial charge in [-0.3, -0.25) is 24.0 Å². The van der Waals surface area contributed by atoms with Crippen LogP contribution in [0.1, 0.15) is 25.3 Å². The van der Waals surface area contributed by atoms with E-state index >= 15 is 0 Å². The number of rotatable bonds is 9. The summed E-state index contributed by atoms with van der Waals surface area (Å²) >= 11 is 0. The van der Waals surface area contributed by atoms with E-state index in [1.807, 2.05) is 13.0 Å². The smallest absolute Gasteiger partial charge is 0.330 e. The molecule has 0 saturated heterocycles. The first-order valence-corrected chi connectivity index (χ1v) is 11.4. The number of tetrazole rings is 1. The molecule has 4 aromatic rings. The molecule has 36 heavy (non-hydrogen) atoms. The summed E-state index contributed by atoms with van der Waals surface area (Å²) in [6.07, 6.45) is 1.46. The average molecular weight is 493 g/mol. The van der Waals surface area contributed by atoms with Crippen LogP contribution in [-0.4, -0.2) is 35.7 Å². The van der Waals surface area contributed by atoms with E-state index in [1.54, 1.807) is 30.3 Å². The largest absolute Gasteiger partial charge is 0.383 e. The zero-order chi connectivity index (χ0) is 25.7. The number of H-pyrrole nitrogens is 1. The quantitative estimate of drug-likeness (QED) is 0.363. The number of amides is 1. The summed E-state index contributed by atoms with van der Waals surface area (Å²) < 4.78 is 14.8. The number of aromatic nitrogens is 6. The first-order valence-electron chi connectivity index (χ1n) is 11.4. The van der Waals surface area contributed by atoms with Crippen molar-refractivity contribution in [1.29, 1.82) is 0 Å². The third-order valence-electron chi connectivity index (χ3n) is 5.52. The third-order valence-corrected chi connectivity index (χ3v) is 5.52. The highest BCUT2D eigenvalue weighted by molar-refractivity contribution is 5.95. The van der Waals surface area contributed by atoms with Gasteiger partial charge in [0.25, 0.3) is 11.5 Å². The molecule has 0 bridgehead atoms. The van der Waals surface area contributed by atoms with Gasteiger partial charge in [0.1, 0.15) is 18.2 Å². The van der Waals surface area contributed by atoms with Crippen molar-refractivity contribution in [2.24, 2.45) is 0 Å².